The number of nitrogens with one attached hydrogen (secondary N) is 1. The van der Waals surface area contributed by atoms with Gasteiger partial charge in [-0.2, -0.15) is 0 Å². The topological polar surface area (TPSA) is 55.0 Å². The van der Waals surface area contributed by atoms with E-state index in [1.165, 1.54) is 6.07 Å². The Bertz CT molecular complexity index is 360. The molecular formula is C11H18N2O2. The van der Waals surface area contributed by atoms with Crippen LogP contribution in [0.25, 0.3) is 0 Å². The highest BCUT2D eigenvalue weighted by Gasteiger charge is 2.05. The predicted molar refractivity (Wildman–Crippen MR) is 59.2 cm³/mol. The van der Waals surface area contributed by atoms with Crippen LogP contribution in [0.2, 0.25) is 0 Å². The average Bonchev–Trinajstić information content (AvgIpc) is 2.17. The minimum atomic E-state index is -0.152. The number of ether oxygens (including phenoxy) is 1. The normalized spacial score (nSPS) is 12.5. The molecule has 1 rings (SSSR count). The van der Waals surface area contributed by atoms with Crippen molar-refractivity contribution in [2.45, 2.75) is 46.1 Å². The Morgan fingerprint density at radius 1 is 1.53 bits per heavy atom. The molecular weight excluding hydrogens is 192 g/mol. The summed E-state index contributed by atoms with van der Waals surface area (Å²) >= 11 is 0. The van der Waals surface area contributed by atoms with E-state index in [-0.39, 0.29) is 11.7 Å². The van der Waals surface area contributed by atoms with Gasteiger partial charge in [-0.3, -0.25) is 4.79 Å². The number of aromatic nitrogens is 2. The van der Waals surface area contributed by atoms with E-state index in [2.05, 4.69) is 16.9 Å². The average molecular weight is 210 g/mol. The molecule has 84 valence electrons. The highest BCUT2D eigenvalue weighted by Crippen LogP contribution is 2.08. The van der Waals surface area contributed by atoms with E-state index in [9.17, 15) is 4.79 Å². The summed E-state index contributed by atoms with van der Waals surface area (Å²) in [6.07, 6.45) is 2.84. The fourth-order valence-corrected chi connectivity index (χ4v) is 1.38. The molecule has 0 saturated carbocycles. The molecule has 1 unspecified atom stereocenters. The molecule has 4 nitrogen and oxygen atoms in total. The summed E-state index contributed by atoms with van der Waals surface area (Å²) < 4.78 is 5.55. The van der Waals surface area contributed by atoms with Gasteiger partial charge in [0.2, 0.25) is 5.88 Å². The van der Waals surface area contributed by atoms with Gasteiger partial charge in [-0.1, -0.05) is 20.3 Å². The Hall–Kier alpha value is -1.32. The first-order chi connectivity index (χ1) is 7.15. The second-order valence-electron chi connectivity index (χ2n) is 3.60. The van der Waals surface area contributed by atoms with Crippen LogP contribution in [0, 0.1) is 0 Å². The van der Waals surface area contributed by atoms with Crippen molar-refractivity contribution in [3.05, 3.63) is 22.2 Å². The van der Waals surface area contributed by atoms with Gasteiger partial charge in [-0.25, -0.2) is 4.98 Å². The summed E-state index contributed by atoms with van der Waals surface area (Å²) in [6, 6.07) is 1.39. The summed E-state index contributed by atoms with van der Waals surface area (Å²) in [5.41, 5.74) is -0.152. The summed E-state index contributed by atoms with van der Waals surface area (Å²) in [5.74, 6) is 1.10. The van der Waals surface area contributed by atoms with E-state index in [0.717, 1.165) is 12.8 Å². The Kier molecular flexibility index (Phi) is 4.34. The van der Waals surface area contributed by atoms with Crippen molar-refractivity contribution in [2.24, 2.45) is 0 Å². The lowest BCUT2D eigenvalue weighted by molar-refractivity contribution is 0.200. The van der Waals surface area contributed by atoms with E-state index in [4.69, 9.17) is 4.74 Å². The van der Waals surface area contributed by atoms with Gasteiger partial charge in [-0.15, -0.1) is 0 Å². The molecule has 0 fully saturated rings. The van der Waals surface area contributed by atoms with Gasteiger partial charge in [0.15, 0.2) is 0 Å². The molecule has 0 aromatic carbocycles. The summed E-state index contributed by atoms with van der Waals surface area (Å²) in [6.45, 7) is 6.03. The van der Waals surface area contributed by atoms with E-state index in [1.807, 2.05) is 13.8 Å². The molecule has 0 aliphatic heterocycles. The Morgan fingerprint density at radius 3 is 2.87 bits per heavy atom. The Balaban J connectivity index is 2.76. The van der Waals surface area contributed by atoms with Crippen LogP contribution in [0.5, 0.6) is 5.88 Å². The van der Waals surface area contributed by atoms with Gasteiger partial charge in [0.1, 0.15) is 5.82 Å². The maximum atomic E-state index is 11.2. The monoisotopic (exact) mass is 210 g/mol. The number of hydrogen-bond donors (Lipinski definition) is 1. The molecule has 0 aliphatic rings. The number of aromatic amines is 1. The summed E-state index contributed by atoms with van der Waals surface area (Å²) in [5, 5.41) is 0. The molecule has 1 N–H and O–H groups in total. The van der Waals surface area contributed by atoms with Crippen LogP contribution in [0.15, 0.2) is 10.9 Å². The predicted octanol–water partition coefficient (Wildman–Crippen LogP) is 1.90. The molecule has 0 saturated heterocycles. The Labute approximate surface area is 89.7 Å². The van der Waals surface area contributed by atoms with Crippen LogP contribution in [-0.4, -0.2) is 16.1 Å². The molecule has 1 aromatic heterocycles. The van der Waals surface area contributed by atoms with Crippen molar-refractivity contribution < 1.29 is 4.74 Å². The largest absolute Gasteiger partial charge is 0.474 e. The first-order valence-corrected chi connectivity index (χ1v) is 5.42. The highest BCUT2D eigenvalue weighted by molar-refractivity contribution is 5.09. The van der Waals surface area contributed by atoms with Gasteiger partial charge in [-0.05, 0) is 13.3 Å². The maximum Gasteiger partial charge on any atom is 0.254 e. The number of rotatable bonds is 5. The highest BCUT2D eigenvalue weighted by atomic mass is 16.5. The maximum absolute atomic E-state index is 11.2. The lowest BCUT2D eigenvalue weighted by atomic mass is 10.2. The van der Waals surface area contributed by atoms with Crippen molar-refractivity contribution in [2.75, 3.05) is 0 Å². The van der Waals surface area contributed by atoms with Gasteiger partial charge in [0.25, 0.3) is 5.56 Å². The first-order valence-electron chi connectivity index (χ1n) is 5.42. The first kappa shape index (κ1) is 11.8. The second kappa shape index (κ2) is 5.53. The second-order valence-corrected chi connectivity index (χ2v) is 3.60. The van der Waals surface area contributed by atoms with Crippen LogP contribution >= 0.6 is 0 Å². The summed E-state index contributed by atoms with van der Waals surface area (Å²) in [7, 11) is 0. The van der Waals surface area contributed by atoms with Gasteiger partial charge in [0, 0.05) is 6.42 Å². The van der Waals surface area contributed by atoms with Crippen LogP contribution < -0.4 is 10.3 Å². The number of hydrogen-bond acceptors (Lipinski definition) is 3. The van der Waals surface area contributed by atoms with E-state index in [0.29, 0.717) is 18.1 Å². The molecule has 0 spiro atoms. The molecule has 0 amide bonds. The minimum absolute atomic E-state index is 0.106. The number of H-pyrrole nitrogens is 1. The molecule has 0 aliphatic carbocycles. The zero-order chi connectivity index (χ0) is 11.3. The smallest absolute Gasteiger partial charge is 0.254 e. The molecule has 4 heteroatoms. The lowest BCUT2D eigenvalue weighted by Gasteiger charge is -2.12. The van der Waals surface area contributed by atoms with Crippen molar-refractivity contribution >= 4 is 0 Å². The van der Waals surface area contributed by atoms with Gasteiger partial charge < -0.3 is 9.72 Å². The van der Waals surface area contributed by atoms with E-state index in [1.54, 1.807) is 0 Å². The van der Waals surface area contributed by atoms with Gasteiger partial charge >= 0.3 is 0 Å². The van der Waals surface area contributed by atoms with Crippen molar-refractivity contribution in [1.82, 2.24) is 9.97 Å². The third-order valence-electron chi connectivity index (χ3n) is 2.12. The van der Waals surface area contributed by atoms with Crippen LogP contribution in [0.1, 0.15) is 39.4 Å². The third kappa shape index (κ3) is 3.73. The molecule has 0 radical (unpaired) electrons. The molecule has 1 aromatic rings. The van der Waals surface area contributed by atoms with E-state index >= 15 is 0 Å². The third-order valence-corrected chi connectivity index (χ3v) is 2.12. The molecule has 15 heavy (non-hydrogen) atoms. The van der Waals surface area contributed by atoms with Crippen molar-refractivity contribution in [3.63, 3.8) is 0 Å². The summed E-state index contributed by atoms with van der Waals surface area (Å²) in [4.78, 5) is 18.1. The number of aryl methyl sites for hydroxylation is 1. The lowest BCUT2D eigenvalue weighted by Crippen LogP contribution is -2.16. The molecule has 0 bridgehead atoms. The SMILES string of the molecule is CCCC(C)Oc1cc(=O)[nH]c(CC)n1. The van der Waals surface area contributed by atoms with Gasteiger partial charge in [0.05, 0.1) is 12.2 Å². The number of nitrogens with zero attached hydrogens (tertiary/aromatic N) is 1. The standard InChI is InChI=1S/C11H18N2O2/c1-4-6-8(3)15-11-7-10(14)12-9(5-2)13-11/h7-8H,4-6H2,1-3H3,(H,12,13,14). The molecule has 1 atom stereocenters. The minimum Gasteiger partial charge on any atom is -0.474 e. The quantitative estimate of drug-likeness (QED) is 0.807. The van der Waals surface area contributed by atoms with Crippen LogP contribution in [0.3, 0.4) is 0 Å². The van der Waals surface area contributed by atoms with Crippen molar-refractivity contribution in [1.29, 1.82) is 0 Å². The zero-order valence-corrected chi connectivity index (χ0v) is 9.54. The Morgan fingerprint density at radius 2 is 2.27 bits per heavy atom. The zero-order valence-electron chi connectivity index (χ0n) is 9.54. The van der Waals surface area contributed by atoms with Crippen molar-refractivity contribution in [3.8, 4) is 5.88 Å². The molecule has 1 heterocycles. The fourth-order valence-electron chi connectivity index (χ4n) is 1.38. The van der Waals surface area contributed by atoms with E-state index < -0.39 is 0 Å². The van der Waals surface area contributed by atoms with Crippen LogP contribution in [0.4, 0.5) is 0 Å². The fraction of sp³-hybridized carbons (Fsp3) is 0.636. The van der Waals surface area contributed by atoms with Crippen LogP contribution in [-0.2, 0) is 6.42 Å².